The van der Waals surface area contributed by atoms with Gasteiger partial charge in [0.15, 0.2) is 0 Å². The first-order valence-corrected chi connectivity index (χ1v) is 0. The molecule has 0 N–H and O–H groups in total. The van der Waals surface area contributed by atoms with Crippen molar-refractivity contribution < 1.29 is 17.1 Å². The van der Waals surface area contributed by atoms with E-state index in [1.54, 1.807) is 0 Å². The molecule has 0 heterocycles. The largest absolute Gasteiger partial charge is 0.316 e. The van der Waals surface area contributed by atoms with Gasteiger partial charge >= 0.3 is 23.1 Å². The van der Waals surface area contributed by atoms with Crippen LogP contribution in [0.5, 0.6) is 0 Å². The van der Waals surface area contributed by atoms with Gasteiger partial charge in [-0.1, -0.05) is 0 Å². The van der Waals surface area contributed by atoms with Crippen LogP contribution in [0, 0.1) is 0 Å². The first kappa shape index (κ1) is 36.9. The van der Waals surface area contributed by atoms with Crippen LogP contribution in [-0.2, 0) is 17.1 Å². The van der Waals surface area contributed by atoms with Crippen molar-refractivity contribution >= 4 is 51.4 Å². The van der Waals surface area contributed by atoms with Gasteiger partial charge in [0.1, 0.15) is 0 Å². The molecule has 0 aromatic rings. The van der Waals surface area contributed by atoms with Crippen LogP contribution in [0.25, 0.3) is 0 Å². The molecule has 0 spiro atoms. The van der Waals surface area contributed by atoms with Crippen LogP contribution in [0.15, 0.2) is 0 Å². The molecule has 0 unspecified atom stereocenters. The van der Waals surface area contributed by atoms with Crippen LogP contribution < -0.4 is 0 Å². The van der Waals surface area contributed by atoms with Gasteiger partial charge < -0.3 is 0 Å². The number of rotatable bonds is 0. The molecule has 0 atom stereocenters. The molecule has 0 aliphatic carbocycles. The average molecular weight is 145 g/mol. The number of hydrogen-bond donors (Lipinski definition) is 0. The van der Waals surface area contributed by atoms with Gasteiger partial charge in [0.25, 0.3) is 0 Å². The summed E-state index contributed by atoms with van der Waals surface area (Å²) in [7, 11) is 0. The minimum atomic E-state index is 0. The fourth-order valence-electron chi connectivity index (χ4n) is 0. The van der Waals surface area contributed by atoms with Crippen LogP contribution >= 0.6 is 0 Å². The summed E-state index contributed by atoms with van der Waals surface area (Å²) in [5.41, 5.74) is 0. The summed E-state index contributed by atoms with van der Waals surface area (Å²) in [6.45, 7) is 0. The zero-order chi connectivity index (χ0) is 0. The minimum Gasteiger partial charge on any atom is 0 e. The summed E-state index contributed by atoms with van der Waals surface area (Å²) >= 11 is 0. The van der Waals surface area contributed by atoms with Gasteiger partial charge in [-0.15, -0.1) is 0 Å². The van der Waals surface area contributed by atoms with E-state index in [1.807, 2.05) is 0 Å². The molecule has 0 amide bonds. The molecule has 0 aliphatic heterocycles. The maximum atomic E-state index is 0. The molecule has 0 nitrogen and oxygen atoms in total. The minimum absolute atomic E-state index is 0. The zero-order valence-electron chi connectivity index (χ0n) is 1.38. The predicted molar refractivity (Wildman–Crippen MR) is 20.1 cm³/mol. The molecule has 0 saturated carbocycles. The molecular formula is H2AlCuMgSi. The summed E-state index contributed by atoms with van der Waals surface area (Å²) in [6.07, 6.45) is 0. The molecule has 0 aromatic carbocycles. The van der Waals surface area contributed by atoms with Crippen LogP contribution in [0.4, 0.5) is 0 Å². The predicted octanol–water partition coefficient (Wildman–Crippen LogP) is -1.68. The normalized spacial score (nSPS) is 0. The molecule has 8 radical (unpaired) electrons. The molecular weight excluding hydrogens is 143 g/mol. The summed E-state index contributed by atoms with van der Waals surface area (Å²) < 4.78 is 0. The third kappa shape index (κ3) is 8.97. The zero-order valence-corrected chi connectivity index (χ0v) is 4.48. The van der Waals surface area contributed by atoms with Crippen molar-refractivity contribution in [2.24, 2.45) is 0 Å². The van der Waals surface area contributed by atoms with E-state index < -0.39 is 0 Å². The van der Waals surface area contributed by atoms with Crippen molar-refractivity contribution in [1.82, 2.24) is 0 Å². The Kier molecular flexibility index (Phi) is 183. The molecule has 0 bridgehead atoms. The van der Waals surface area contributed by atoms with Crippen LogP contribution in [0.2, 0.25) is 0 Å². The molecule has 0 aromatic heterocycles. The van der Waals surface area contributed by atoms with Crippen molar-refractivity contribution in [2.45, 2.75) is 0 Å². The van der Waals surface area contributed by atoms with Crippen molar-refractivity contribution in [3.05, 3.63) is 0 Å². The molecule has 4 heteroatoms. The second-order valence-corrected chi connectivity index (χ2v) is 0. The fraction of sp³-hybridized carbons (Fsp3) is 0. The van der Waals surface area contributed by atoms with Gasteiger partial charge in [0, 0.05) is 45.4 Å². The van der Waals surface area contributed by atoms with Crippen molar-refractivity contribution in [1.29, 1.82) is 0 Å². The Morgan fingerprint density at radius 2 is 1.00 bits per heavy atom. The molecule has 0 rings (SSSR count). The van der Waals surface area contributed by atoms with Gasteiger partial charge in [-0.25, -0.2) is 0 Å². The van der Waals surface area contributed by atoms with Crippen molar-refractivity contribution in [2.75, 3.05) is 0 Å². The Balaban J connectivity index is 0. The van der Waals surface area contributed by atoms with E-state index in [0.717, 1.165) is 0 Å². The van der Waals surface area contributed by atoms with E-state index in [-0.39, 0.29) is 68.4 Å². The molecule has 0 fully saturated rings. The van der Waals surface area contributed by atoms with Gasteiger partial charge in [-0.05, 0) is 0 Å². The van der Waals surface area contributed by atoms with Crippen LogP contribution in [0.3, 0.4) is 0 Å². The smallest absolute Gasteiger partial charge is 0 e. The van der Waals surface area contributed by atoms with E-state index in [2.05, 4.69) is 0 Å². The Morgan fingerprint density at radius 3 is 1.00 bits per heavy atom. The maximum Gasteiger partial charge on any atom is 0.316 e. The van der Waals surface area contributed by atoms with Crippen LogP contribution in [-0.4, -0.2) is 51.4 Å². The van der Waals surface area contributed by atoms with E-state index in [4.69, 9.17) is 0 Å². The monoisotopic (exact) mass is 144 g/mol. The quantitative estimate of drug-likeness (QED) is 0.357. The molecule has 22 valence electrons. The average Bonchev–Trinajstić information content (AvgIpc) is 0. The SMILES string of the molecule is [Al].[Cu].[MgH2].[Si]. The van der Waals surface area contributed by atoms with Crippen molar-refractivity contribution in [3.63, 3.8) is 0 Å². The second-order valence-electron chi connectivity index (χ2n) is 0. The second kappa shape index (κ2) is 19.8. The molecule has 0 saturated heterocycles. The number of hydrogen-bond acceptors (Lipinski definition) is 0. The Hall–Kier alpha value is 2.04. The maximum absolute atomic E-state index is 0. The summed E-state index contributed by atoms with van der Waals surface area (Å²) in [6, 6.07) is 0. The molecule has 0 aliphatic rings. The third-order valence-electron chi connectivity index (χ3n) is 0. The summed E-state index contributed by atoms with van der Waals surface area (Å²) in [5.74, 6) is 0. The Bertz CT molecular complexity index is 8.00. The topological polar surface area (TPSA) is 0 Å². The van der Waals surface area contributed by atoms with E-state index in [0.29, 0.717) is 0 Å². The van der Waals surface area contributed by atoms with Crippen molar-refractivity contribution in [3.8, 4) is 0 Å². The van der Waals surface area contributed by atoms with E-state index in [1.165, 1.54) is 0 Å². The van der Waals surface area contributed by atoms with E-state index in [9.17, 15) is 0 Å². The standard InChI is InChI=1S/Al.Cu.Mg.Si.2H. The van der Waals surface area contributed by atoms with E-state index >= 15 is 0 Å². The Morgan fingerprint density at radius 1 is 1.00 bits per heavy atom. The first-order chi connectivity index (χ1) is 0. The van der Waals surface area contributed by atoms with Crippen LogP contribution in [0.1, 0.15) is 0 Å². The van der Waals surface area contributed by atoms with Gasteiger partial charge in [-0.3, -0.25) is 0 Å². The fourth-order valence-corrected chi connectivity index (χ4v) is 0. The van der Waals surface area contributed by atoms with Gasteiger partial charge in [0.05, 0.1) is 0 Å². The summed E-state index contributed by atoms with van der Waals surface area (Å²) in [5, 5.41) is 0. The first-order valence-electron chi connectivity index (χ1n) is 0. The molecule has 4 heavy (non-hydrogen) atoms. The van der Waals surface area contributed by atoms with Gasteiger partial charge in [0.2, 0.25) is 0 Å². The Labute approximate surface area is 67.9 Å². The van der Waals surface area contributed by atoms with Gasteiger partial charge in [-0.2, -0.15) is 0 Å². The third-order valence-corrected chi connectivity index (χ3v) is 0. The summed E-state index contributed by atoms with van der Waals surface area (Å²) in [4.78, 5) is 0.